The summed E-state index contributed by atoms with van der Waals surface area (Å²) in [6.07, 6.45) is 1.86. The molecule has 0 radical (unpaired) electrons. The Labute approximate surface area is 223 Å². The van der Waals surface area contributed by atoms with Crippen molar-refractivity contribution < 1.29 is 27.0 Å². The number of hydrogen-bond donors (Lipinski definition) is 0. The number of nitrogens with zero attached hydrogens (tertiary/aromatic N) is 4. The van der Waals surface area contributed by atoms with Crippen molar-refractivity contribution in [3.8, 4) is 16.9 Å². The molecule has 4 aromatic rings. The summed E-state index contributed by atoms with van der Waals surface area (Å²) < 4.78 is 70.5. The quantitative estimate of drug-likeness (QED) is 0.271. The van der Waals surface area contributed by atoms with Crippen LogP contribution >= 0.6 is 7.14 Å². The standard InChI is InChI=1S/C28H27F2N4O3P/c1-15(38(3,4)36)19-10-9-17(14-31-19)16-8-11-20-21(12-16)34-22-13-23(26(34)32-20)33(2)27(35)18-6-5-7-24(25(18)22)37-28(29)30/h5-12,14-15,22-23,28H,13H2,1-4H3/t15?,22-,23-/m1/s1/i2D3. The third-order valence-electron chi connectivity index (χ3n) is 7.63. The Hall–Kier alpha value is -3.58. The van der Waals surface area contributed by atoms with Crippen LogP contribution in [0.15, 0.2) is 54.7 Å². The minimum atomic E-state index is -3.13. The van der Waals surface area contributed by atoms with Crippen molar-refractivity contribution in [3.63, 3.8) is 0 Å². The predicted octanol–water partition coefficient (Wildman–Crippen LogP) is 6.50. The van der Waals surface area contributed by atoms with E-state index >= 15 is 0 Å². The molecule has 2 bridgehead atoms. The monoisotopic (exact) mass is 539 g/mol. The van der Waals surface area contributed by atoms with Crippen molar-refractivity contribution in [2.45, 2.75) is 37.7 Å². The van der Waals surface area contributed by atoms with Crippen LogP contribution in [0.25, 0.3) is 22.2 Å². The molecule has 0 saturated carbocycles. The number of pyridine rings is 1. The average molecular weight is 540 g/mol. The second kappa shape index (κ2) is 8.73. The SMILES string of the molecule is [2H]C([2H])([2H])N1C(=O)c2cccc(OC(F)F)c2[C@H]2C[C@@H]1c1nc3ccc(-c4ccc(C(C)P(C)(C)=O)nc4)cc3n12. The largest absolute Gasteiger partial charge is 0.434 e. The van der Waals surface area contributed by atoms with Gasteiger partial charge in [0.15, 0.2) is 0 Å². The van der Waals surface area contributed by atoms with Gasteiger partial charge in [-0.1, -0.05) is 18.2 Å². The molecule has 3 atom stereocenters. The van der Waals surface area contributed by atoms with E-state index in [-0.39, 0.29) is 29.0 Å². The lowest BCUT2D eigenvalue weighted by molar-refractivity contribution is -0.0507. The van der Waals surface area contributed by atoms with Crippen molar-refractivity contribution in [2.24, 2.45) is 0 Å². The van der Waals surface area contributed by atoms with E-state index in [1.54, 1.807) is 25.6 Å². The molecule has 1 amide bonds. The highest BCUT2D eigenvalue weighted by atomic mass is 31.2. The molecule has 1 unspecified atom stereocenters. The highest BCUT2D eigenvalue weighted by molar-refractivity contribution is 7.62. The van der Waals surface area contributed by atoms with Gasteiger partial charge in [-0.05, 0) is 56.1 Å². The normalized spacial score (nSPS) is 20.9. The number of ether oxygens (including phenoxy) is 1. The Morgan fingerprint density at radius 1 is 1.13 bits per heavy atom. The van der Waals surface area contributed by atoms with Gasteiger partial charge in [0.2, 0.25) is 0 Å². The molecule has 4 heterocycles. The number of amides is 1. The molecule has 0 aliphatic carbocycles. The third kappa shape index (κ3) is 3.83. The average Bonchev–Trinajstić information content (AvgIpc) is 3.39. The van der Waals surface area contributed by atoms with Gasteiger partial charge >= 0.3 is 6.61 Å². The van der Waals surface area contributed by atoms with E-state index in [4.69, 9.17) is 13.8 Å². The summed E-state index contributed by atoms with van der Waals surface area (Å²) in [5.74, 6) is -0.589. The molecule has 196 valence electrons. The fourth-order valence-electron chi connectivity index (χ4n) is 5.43. The number of alkyl halides is 2. The molecule has 2 aromatic heterocycles. The van der Waals surface area contributed by atoms with E-state index < -0.39 is 38.7 Å². The molecule has 7 nitrogen and oxygen atoms in total. The van der Waals surface area contributed by atoms with Gasteiger partial charge in [-0.15, -0.1) is 0 Å². The lowest BCUT2D eigenvalue weighted by Crippen LogP contribution is -2.30. The van der Waals surface area contributed by atoms with E-state index in [1.807, 2.05) is 35.8 Å². The molecule has 6 rings (SSSR count). The van der Waals surface area contributed by atoms with E-state index in [0.717, 1.165) is 21.7 Å². The van der Waals surface area contributed by atoms with Crippen LogP contribution in [0.2, 0.25) is 0 Å². The first-order valence-electron chi connectivity index (χ1n) is 13.7. The maximum absolute atomic E-state index is 13.6. The van der Waals surface area contributed by atoms with Gasteiger partial charge in [-0.2, -0.15) is 8.78 Å². The fourth-order valence-corrected chi connectivity index (χ4v) is 6.22. The Kier molecular flexibility index (Phi) is 4.91. The second-order valence-corrected chi connectivity index (χ2v) is 13.8. The summed E-state index contributed by atoms with van der Waals surface area (Å²) in [6.45, 7) is -0.568. The van der Waals surface area contributed by atoms with Crippen molar-refractivity contribution in [1.29, 1.82) is 0 Å². The number of carbonyl (C=O) groups is 1. The second-order valence-electron chi connectivity index (χ2n) is 10.2. The zero-order valence-corrected chi connectivity index (χ0v) is 21.8. The minimum absolute atomic E-state index is 0.00785. The molecule has 2 aromatic carbocycles. The number of fused-ring (bicyclic) bond motifs is 9. The van der Waals surface area contributed by atoms with Crippen molar-refractivity contribution in [2.75, 3.05) is 20.3 Å². The fraction of sp³-hybridized carbons (Fsp3) is 0.321. The molecular weight excluding hydrogens is 509 g/mol. The number of carbonyl (C=O) groups excluding carboxylic acids is 1. The minimum Gasteiger partial charge on any atom is -0.434 e. The topological polar surface area (TPSA) is 77.3 Å². The molecule has 0 fully saturated rings. The van der Waals surface area contributed by atoms with E-state index in [9.17, 15) is 18.1 Å². The summed E-state index contributed by atoms with van der Waals surface area (Å²) in [5, 5.41) is 0. The Bertz CT molecular complexity index is 1740. The molecular formula is C28H27F2N4O3P. The van der Waals surface area contributed by atoms with Crippen LogP contribution in [-0.2, 0) is 4.57 Å². The van der Waals surface area contributed by atoms with Crippen molar-refractivity contribution in [3.05, 3.63) is 77.4 Å². The predicted molar refractivity (Wildman–Crippen MR) is 141 cm³/mol. The number of hydrogen-bond acceptors (Lipinski definition) is 5. The first-order valence-corrected chi connectivity index (χ1v) is 14.9. The van der Waals surface area contributed by atoms with Crippen LogP contribution in [-0.4, -0.2) is 52.3 Å². The highest BCUT2D eigenvalue weighted by Crippen LogP contribution is 2.52. The zero-order valence-electron chi connectivity index (χ0n) is 23.9. The number of imidazole rings is 1. The van der Waals surface area contributed by atoms with E-state index in [1.165, 1.54) is 18.2 Å². The van der Waals surface area contributed by atoms with E-state index in [2.05, 4.69) is 4.98 Å². The summed E-state index contributed by atoms with van der Waals surface area (Å²) in [4.78, 5) is 23.7. The van der Waals surface area contributed by atoms with Crippen LogP contribution in [0.4, 0.5) is 8.78 Å². The van der Waals surface area contributed by atoms with Gasteiger partial charge in [-0.25, -0.2) is 4.98 Å². The third-order valence-corrected chi connectivity index (χ3v) is 9.76. The van der Waals surface area contributed by atoms with Gasteiger partial charge < -0.3 is 18.8 Å². The lowest BCUT2D eigenvalue weighted by atomic mass is 9.97. The van der Waals surface area contributed by atoms with Crippen LogP contribution < -0.4 is 4.74 Å². The first-order chi connectivity index (χ1) is 19.3. The number of benzene rings is 2. The summed E-state index contributed by atoms with van der Waals surface area (Å²) in [5.41, 5.74) is 3.61. The van der Waals surface area contributed by atoms with E-state index in [0.29, 0.717) is 16.9 Å². The maximum Gasteiger partial charge on any atom is 0.387 e. The summed E-state index contributed by atoms with van der Waals surface area (Å²) in [6, 6.07) is 12.0. The van der Waals surface area contributed by atoms with Gasteiger partial charge in [0.1, 0.15) is 11.6 Å². The summed E-state index contributed by atoms with van der Waals surface area (Å²) in [7, 11) is -2.37. The van der Waals surface area contributed by atoms with Gasteiger partial charge in [0, 0.05) is 40.4 Å². The molecule has 0 spiro atoms. The van der Waals surface area contributed by atoms with Crippen LogP contribution in [0.3, 0.4) is 0 Å². The Morgan fingerprint density at radius 3 is 2.61 bits per heavy atom. The lowest BCUT2D eigenvalue weighted by Gasteiger charge is -2.24. The van der Waals surface area contributed by atoms with Crippen molar-refractivity contribution >= 4 is 24.1 Å². The first kappa shape index (κ1) is 21.4. The van der Waals surface area contributed by atoms with Gasteiger partial charge in [0.05, 0.1) is 41.6 Å². The number of rotatable bonds is 5. The van der Waals surface area contributed by atoms with Crippen LogP contribution in [0.5, 0.6) is 5.75 Å². The molecule has 0 N–H and O–H groups in total. The molecule has 10 heteroatoms. The van der Waals surface area contributed by atoms with Crippen LogP contribution in [0.1, 0.15) is 62.6 Å². The Balaban J connectivity index is 1.52. The smallest absolute Gasteiger partial charge is 0.387 e. The number of halogens is 2. The molecule has 2 aliphatic heterocycles. The molecule has 0 saturated heterocycles. The van der Waals surface area contributed by atoms with Gasteiger partial charge in [-0.3, -0.25) is 9.78 Å². The highest BCUT2D eigenvalue weighted by Gasteiger charge is 2.45. The summed E-state index contributed by atoms with van der Waals surface area (Å²) >= 11 is 0. The molecule has 38 heavy (non-hydrogen) atoms. The van der Waals surface area contributed by atoms with Gasteiger partial charge in [0.25, 0.3) is 5.91 Å². The maximum atomic E-state index is 13.6. The number of aromatic nitrogens is 3. The zero-order chi connectivity index (χ0) is 29.4. The Morgan fingerprint density at radius 2 is 1.92 bits per heavy atom. The van der Waals surface area contributed by atoms with Crippen molar-refractivity contribution in [1.82, 2.24) is 19.4 Å². The van der Waals surface area contributed by atoms with Crippen LogP contribution in [0, 0.1) is 0 Å². The molecule has 2 aliphatic rings.